The second-order valence-corrected chi connectivity index (χ2v) is 5.24. The summed E-state index contributed by atoms with van der Waals surface area (Å²) in [5.74, 6) is 1.18. The van der Waals surface area contributed by atoms with Gasteiger partial charge in [-0.1, -0.05) is 24.8 Å². The Labute approximate surface area is 102 Å². The van der Waals surface area contributed by atoms with E-state index < -0.39 is 0 Å². The number of nitrogens with one attached hydrogen (secondary N) is 1. The topological polar surface area (TPSA) is 19.7 Å². The van der Waals surface area contributed by atoms with Crippen molar-refractivity contribution in [3.8, 4) is 11.4 Å². The van der Waals surface area contributed by atoms with Crippen LogP contribution in [0.1, 0.15) is 25.1 Å². The standard InChI is InChI=1S/C15H16N2/c1-10-9-17-14(16-10)13-8-6-5-7-12(13)11(2)15(17,3)4/h5-9H,2H2,1,3-4H3/p+1. The van der Waals surface area contributed by atoms with Gasteiger partial charge in [0.25, 0.3) is 5.82 Å². The first kappa shape index (κ1) is 10.3. The number of fused-ring (bicyclic) bond motifs is 3. The van der Waals surface area contributed by atoms with E-state index in [2.05, 4.69) is 67.4 Å². The maximum Gasteiger partial charge on any atom is 0.288 e. The highest BCUT2D eigenvalue weighted by Gasteiger charge is 2.40. The fourth-order valence-corrected chi connectivity index (χ4v) is 2.60. The molecule has 1 aromatic carbocycles. The average molecular weight is 225 g/mol. The third kappa shape index (κ3) is 1.24. The third-order valence-corrected chi connectivity index (χ3v) is 3.73. The molecule has 2 aromatic rings. The van der Waals surface area contributed by atoms with Gasteiger partial charge in [-0.2, -0.15) is 0 Å². The van der Waals surface area contributed by atoms with Crippen molar-refractivity contribution in [3.05, 3.63) is 48.3 Å². The highest BCUT2D eigenvalue weighted by Crippen LogP contribution is 2.38. The number of aromatic amines is 1. The number of H-pyrrole nitrogens is 1. The maximum absolute atomic E-state index is 4.28. The summed E-state index contributed by atoms with van der Waals surface area (Å²) in [7, 11) is 0. The third-order valence-electron chi connectivity index (χ3n) is 3.73. The van der Waals surface area contributed by atoms with Crippen molar-refractivity contribution in [2.75, 3.05) is 0 Å². The molecule has 0 amide bonds. The molecule has 0 bridgehead atoms. The van der Waals surface area contributed by atoms with Gasteiger partial charge in [-0.3, -0.25) is 0 Å². The Hall–Kier alpha value is -1.83. The van der Waals surface area contributed by atoms with Gasteiger partial charge in [-0.15, -0.1) is 0 Å². The number of aromatic nitrogens is 2. The molecule has 0 saturated heterocycles. The van der Waals surface area contributed by atoms with Crippen molar-refractivity contribution in [1.29, 1.82) is 0 Å². The quantitative estimate of drug-likeness (QED) is 0.665. The first-order valence-electron chi connectivity index (χ1n) is 5.92. The van der Waals surface area contributed by atoms with Crippen molar-refractivity contribution >= 4 is 5.57 Å². The van der Waals surface area contributed by atoms with Gasteiger partial charge in [0.1, 0.15) is 17.4 Å². The maximum atomic E-state index is 4.28. The van der Waals surface area contributed by atoms with E-state index in [1.807, 2.05) is 0 Å². The van der Waals surface area contributed by atoms with E-state index in [-0.39, 0.29) is 5.54 Å². The van der Waals surface area contributed by atoms with E-state index in [9.17, 15) is 0 Å². The first-order valence-corrected chi connectivity index (χ1v) is 5.92. The number of rotatable bonds is 0. The molecule has 86 valence electrons. The summed E-state index contributed by atoms with van der Waals surface area (Å²) >= 11 is 0. The number of nitrogens with zero attached hydrogens (tertiary/aromatic N) is 1. The van der Waals surface area contributed by atoms with Gasteiger partial charge in [0.2, 0.25) is 0 Å². The zero-order valence-electron chi connectivity index (χ0n) is 10.5. The number of aryl methyl sites for hydroxylation is 1. The Morgan fingerprint density at radius 1 is 1.18 bits per heavy atom. The van der Waals surface area contributed by atoms with Crippen LogP contribution in [0.3, 0.4) is 0 Å². The summed E-state index contributed by atoms with van der Waals surface area (Å²) in [5.41, 5.74) is 4.76. The minimum absolute atomic E-state index is 0.0750. The fourth-order valence-electron chi connectivity index (χ4n) is 2.60. The predicted octanol–water partition coefficient (Wildman–Crippen LogP) is 3.04. The van der Waals surface area contributed by atoms with Crippen molar-refractivity contribution < 1.29 is 4.57 Å². The molecule has 3 rings (SSSR count). The molecule has 2 nitrogen and oxygen atoms in total. The minimum atomic E-state index is -0.0750. The lowest BCUT2D eigenvalue weighted by atomic mass is 9.83. The molecule has 1 N–H and O–H groups in total. The molecule has 1 aliphatic rings. The molecular weight excluding hydrogens is 208 g/mol. The molecule has 17 heavy (non-hydrogen) atoms. The van der Waals surface area contributed by atoms with E-state index in [0.717, 1.165) is 0 Å². The molecule has 0 atom stereocenters. The summed E-state index contributed by atoms with van der Waals surface area (Å²) in [6, 6.07) is 8.45. The second kappa shape index (κ2) is 3.10. The van der Waals surface area contributed by atoms with Crippen LogP contribution in [0.4, 0.5) is 0 Å². The predicted molar refractivity (Wildman–Crippen MR) is 69.5 cm³/mol. The van der Waals surface area contributed by atoms with Crippen LogP contribution < -0.4 is 4.57 Å². The Bertz CT molecular complexity index is 618. The van der Waals surface area contributed by atoms with E-state index in [0.29, 0.717) is 0 Å². The summed E-state index contributed by atoms with van der Waals surface area (Å²) in [6.07, 6.45) is 2.16. The van der Waals surface area contributed by atoms with Crippen molar-refractivity contribution in [3.63, 3.8) is 0 Å². The molecule has 2 heteroatoms. The van der Waals surface area contributed by atoms with E-state index >= 15 is 0 Å². The summed E-state index contributed by atoms with van der Waals surface area (Å²) in [4.78, 5) is 3.45. The van der Waals surface area contributed by atoms with Crippen molar-refractivity contribution in [1.82, 2.24) is 4.98 Å². The van der Waals surface area contributed by atoms with Crippen LogP contribution in [0.5, 0.6) is 0 Å². The second-order valence-electron chi connectivity index (χ2n) is 5.24. The fraction of sp³-hybridized carbons (Fsp3) is 0.267. The van der Waals surface area contributed by atoms with E-state index in [1.165, 1.54) is 28.2 Å². The number of benzene rings is 1. The molecule has 0 radical (unpaired) electrons. The smallest absolute Gasteiger partial charge is 0.241 e. The normalized spacial score (nSPS) is 16.5. The highest BCUT2D eigenvalue weighted by atomic mass is 15.1. The largest absolute Gasteiger partial charge is 0.288 e. The lowest BCUT2D eigenvalue weighted by Crippen LogP contribution is -2.55. The van der Waals surface area contributed by atoms with Gasteiger partial charge in [-0.25, -0.2) is 9.55 Å². The average Bonchev–Trinajstić information content (AvgIpc) is 2.70. The number of hydrogen-bond donors (Lipinski definition) is 1. The highest BCUT2D eigenvalue weighted by molar-refractivity contribution is 5.81. The summed E-state index contributed by atoms with van der Waals surface area (Å²) in [6.45, 7) is 10.8. The molecular formula is C15H17N2+. The van der Waals surface area contributed by atoms with Crippen LogP contribution in [-0.2, 0) is 5.54 Å². The van der Waals surface area contributed by atoms with Gasteiger partial charge in [0.15, 0.2) is 0 Å². The molecule has 0 fully saturated rings. The van der Waals surface area contributed by atoms with Gasteiger partial charge in [0, 0.05) is 12.5 Å². The number of hydrogen-bond acceptors (Lipinski definition) is 0. The van der Waals surface area contributed by atoms with Crippen molar-refractivity contribution in [2.24, 2.45) is 0 Å². The van der Waals surface area contributed by atoms with Crippen molar-refractivity contribution in [2.45, 2.75) is 26.3 Å². The zero-order chi connectivity index (χ0) is 12.2. The number of imidazole rings is 1. The van der Waals surface area contributed by atoms with Crippen LogP contribution in [-0.4, -0.2) is 4.98 Å². The van der Waals surface area contributed by atoms with Crippen LogP contribution in [0.2, 0.25) is 0 Å². The van der Waals surface area contributed by atoms with Gasteiger partial charge in [-0.05, 0) is 25.5 Å². The Balaban J connectivity index is 2.41. The molecule has 0 saturated carbocycles. The van der Waals surface area contributed by atoms with Crippen LogP contribution in [0.15, 0.2) is 37.0 Å². The minimum Gasteiger partial charge on any atom is -0.241 e. The molecule has 1 aromatic heterocycles. The monoisotopic (exact) mass is 225 g/mol. The SMILES string of the molecule is C=C1c2ccccc2-c2[nH]c(C)c[n+]2C1(C)C. The van der Waals surface area contributed by atoms with Crippen LogP contribution >= 0.6 is 0 Å². The van der Waals surface area contributed by atoms with Crippen LogP contribution in [0.25, 0.3) is 17.0 Å². The Kier molecular flexibility index (Phi) is 1.88. The first-order chi connectivity index (χ1) is 8.01. The summed E-state index contributed by atoms with van der Waals surface area (Å²) < 4.78 is 2.28. The van der Waals surface area contributed by atoms with Gasteiger partial charge < -0.3 is 0 Å². The molecule has 0 spiro atoms. The molecule has 0 unspecified atom stereocenters. The summed E-state index contributed by atoms with van der Waals surface area (Å²) in [5, 5.41) is 0. The number of allylic oxidation sites excluding steroid dienone is 1. The van der Waals surface area contributed by atoms with E-state index in [1.54, 1.807) is 0 Å². The molecule has 1 aliphatic heterocycles. The zero-order valence-corrected chi connectivity index (χ0v) is 10.5. The lowest BCUT2D eigenvalue weighted by molar-refractivity contribution is -0.732. The van der Waals surface area contributed by atoms with E-state index in [4.69, 9.17) is 0 Å². The van der Waals surface area contributed by atoms with Gasteiger partial charge in [0.05, 0.1) is 5.56 Å². The van der Waals surface area contributed by atoms with Crippen LogP contribution in [0, 0.1) is 6.92 Å². The Morgan fingerprint density at radius 2 is 1.82 bits per heavy atom. The molecule has 2 heterocycles. The lowest BCUT2D eigenvalue weighted by Gasteiger charge is -2.30. The molecule has 0 aliphatic carbocycles. The Morgan fingerprint density at radius 3 is 2.53 bits per heavy atom. The van der Waals surface area contributed by atoms with Gasteiger partial charge >= 0.3 is 0 Å².